The molecular formula is C13H18N4O2S. The quantitative estimate of drug-likeness (QED) is 0.927. The van der Waals surface area contributed by atoms with Crippen LogP contribution in [0.1, 0.15) is 12.6 Å². The van der Waals surface area contributed by atoms with Crippen molar-refractivity contribution in [3.63, 3.8) is 0 Å². The molecular weight excluding hydrogens is 276 g/mol. The van der Waals surface area contributed by atoms with Crippen molar-refractivity contribution in [1.82, 2.24) is 9.78 Å². The molecule has 2 rings (SSSR count). The van der Waals surface area contributed by atoms with Gasteiger partial charge in [-0.1, -0.05) is 18.2 Å². The molecule has 108 valence electrons. The van der Waals surface area contributed by atoms with Crippen LogP contribution < -0.4 is 10.0 Å². The lowest BCUT2D eigenvalue weighted by molar-refractivity contribution is 0.591. The van der Waals surface area contributed by atoms with Crippen LogP contribution in [0.5, 0.6) is 0 Å². The van der Waals surface area contributed by atoms with E-state index in [0.717, 1.165) is 0 Å². The lowest BCUT2D eigenvalue weighted by atomic mass is 10.3. The molecule has 20 heavy (non-hydrogen) atoms. The van der Waals surface area contributed by atoms with E-state index in [1.165, 1.54) is 8.99 Å². The van der Waals surface area contributed by atoms with E-state index in [4.69, 9.17) is 5.73 Å². The van der Waals surface area contributed by atoms with Gasteiger partial charge in [-0.15, -0.1) is 0 Å². The second-order valence-corrected chi connectivity index (χ2v) is 6.23. The molecule has 2 N–H and O–H groups in total. The zero-order valence-corrected chi connectivity index (χ0v) is 12.6. The monoisotopic (exact) mass is 294 g/mol. The van der Waals surface area contributed by atoms with Gasteiger partial charge in [-0.05, 0) is 26.0 Å². The summed E-state index contributed by atoms with van der Waals surface area (Å²) in [4.78, 5) is 0.0747. The molecule has 0 aliphatic carbocycles. The number of nitrogens with zero attached hydrogens (tertiary/aromatic N) is 3. The maximum Gasteiger partial charge on any atom is 0.269 e. The van der Waals surface area contributed by atoms with E-state index in [1.54, 1.807) is 45.2 Å². The summed E-state index contributed by atoms with van der Waals surface area (Å²) < 4.78 is 28.4. The third kappa shape index (κ3) is 2.24. The number of para-hydroxylation sites is 1. The Morgan fingerprint density at radius 3 is 2.35 bits per heavy atom. The highest BCUT2D eigenvalue weighted by molar-refractivity contribution is 7.93. The smallest absolute Gasteiger partial charge is 0.269 e. The summed E-state index contributed by atoms with van der Waals surface area (Å²) >= 11 is 0. The fourth-order valence-electron chi connectivity index (χ4n) is 2.13. The minimum atomic E-state index is -3.72. The number of hydrogen-bond acceptors (Lipinski definition) is 4. The molecule has 7 heteroatoms. The number of nitrogens with two attached hydrogens (primary N) is 1. The number of aryl methyl sites for hydroxylation is 1. The van der Waals surface area contributed by atoms with Crippen LogP contribution in [0.15, 0.2) is 35.2 Å². The Kier molecular flexibility index (Phi) is 3.71. The van der Waals surface area contributed by atoms with Gasteiger partial charge < -0.3 is 5.73 Å². The second kappa shape index (κ2) is 5.16. The average molecular weight is 294 g/mol. The number of benzene rings is 1. The zero-order valence-electron chi connectivity index (χ0n) is 11.7. The Morgan fingerprint density at radius 2 is 1.90 bits per heavy atom. The molecule has 0 atom stereocenters. The van der Waals surface area contributed by atoms with E-state index in [1.807, 2.05) is 6.07 Å². The molecule has 0 unspecified atom stereocenters. The normalized spacial score (nSPS) is 11.6. The van der Waals surface area contributed by atoms with Crippen molar-refractivity contribution in [3.05, 3.63) is 36.0 Å². The lowest BCUT2D eigenvalue weighted by Gasteiger charge is -2.22. The molecule has 0 radical (unpaired) electrons. The van der Waals surface area contributed by atoms with Crippen molar-refractivity contribution in [2.75, 3.05) is 16.6 Å². The number of aromatic nitrogens is 2. The van der Waals surface area contributed by atoms with Crippen molar-refractivity contribution in [1.29, 1.82) is 0 Å². The van der Waals surface area contributed by atoms with Crippen molar-refractivity contribution < 1.29 is 8.42 Å². The minimum absolute atomic E-state index is 0.0272. The van der Waals surface area contributed by atoms with Crippen LogP contribution in [0, 0.1) is 6.92 Å². The van der Waals surface area contributed by atoms with Gasteiger partial charge in [-0.25, -0.2) is 8.42 Å². The third-order valence-electron chi connectivity index (χ3n) is 3.18. The standard InChI is InChI=1S/C13H18N4O2S/c1-4-17(11-8-6-5-7-9-11)20(18,19)12-10(2)16(3)15-13(12)14/h5-9H,4H2,1-3H3,(H2,14,15). The first-order valence-corrected chi connectivity index (χ1v) is 7.70. The van der Waals surface area contributed by atoms with E-state index in [-0.39, 0.29) is 10.7 Å². The van der Waals surface area contributed by atoms with Gasteiger partial charge in [0.25, 0.3) is 10.0 Å². The number of anilines is 2. The molecule has 0 saturated heterocycles. The lowest BCUT2D eigenvalue weighted by Crippen LogP contribution is -2.31. The number of hydrogen-bond donors (Lipinski definition) is 1. The highest BCUT2D eigenvalue weighted by Crippen LogP contribution is 2.28. The highest BCUT2D eigenvalue weighted by Gasteiger charge is 2.30. The Balaban J connectivity index is 2.59. The van der Waals surface area contributed by atoms with E-state index in [2.05, 4.69) is 5.10 Å². The number of rotatable bonds is 4. The van der Waals surface area contributed by atoms with Crippen LogP contribution in [0.3, 0.4) is 0 Å². The zero-order chi connectivity index (χ0) is 14.9. The van der Waals surface area contributed by atoms with Crippen molar-refractivity contribution in [3.8, 4) is 0 Å². The molecule has 0 saturated carbocycles. The topological polar surface area (TPSA) is 81.2 Å². The highest BCUT2D eigenvalue weighted by atomic mass is 32.2. The molecule has 0 aliphatic rings. The molecule has 0 bridgehead atoms. The molecule has 6 nitrogen and oxygen atoms in total. The van der Waals surface area contributed by atoms with Crippen LogP contribution in [0.25, 0.3) is 0 Å². The summed E-state index contributed by atoms with van der Waals surface area (Å²) in [5.74, 6) is 0.0272. The van der Waals surface area contributed by atoms with Crippen LogP contribution in [0.2, 0.25) is 0 Å². The summed E-state index contributed by atoms with van der Waals surface area (Å²) in [7, 11) is -2.05. The molecule has 1 aromatic carbocycles. The predicted octanol–water partition coefficient (Wildman–Crippen LogP) is 1.53. The molecule has 2 aromatic rings. The van der Waals surface area contributed by atoms with Gasteiger partial charge in [0.2, 0.25) is 0 Å². The van der Waals surface area contributed by atoms with Crippen molar-refractivity contribution in [2.24, 2.45) is 7.05 Å². The van der Waals surface area contributed by atoms with Crippen molar-refractivity contribution in [2.45, 2.75) is 18.7 Å². The SMILES string of the molecule is CCN(c1ccccc1)S(=O)(=O)c1c(N)nn(C)c1C. The summed E-state index contributed by atoms with van der Waals surface area (Å²) in [6.07, 6.45) is 0. The van der Waals surface area contributed by atoms with Crippen molar-refractivity contribution >= 4 is 21.5 Å². The maximum atomic E-state index is 12.8. The average Bonchev–Trinajstić information content (AvgIpc) is 2.65. The Bertz CT molecular complexity index is 707. The van der Waals surface area contributed by atoms with Gasteiger partial charge >= 0.3 is 0 Å². The van der Waals surface area contributed by atoms with Crippen LogP contribution in [-0.2, 0) is 17.1 Å². The van der Waals surface area contributed by atoms with Gasteiger partial charge in [-0.3, -0.25) is 8.99 Å². The minimum Gasteiger partial charge on any atom is -0.381 e. The molecule has 0 fully saturated rings. The molecule has 0 amide bonds. The van der Waals surface area contributed by atoms with Gasteiger partial charge in [-0.2, -0.15) is 5.10 Å². The first kappa shape index (κ1) is 14.4. The van der Waals surface area contributed by atoms with Crippen LogP contribution in [0.4, 0.5) is 11.5 Å². The molecule has 0 aliphatic heterocycles. The fraction of sp³-hybridized carbons (Fsp3) is 0.308. The van der Waals surface area contributed by atoms with Gasteiger partial charge in [0.05, 0.1) is 11.4 Å². The Hall–Kier alpha value is -2.02. The number of nitrogen functional groups attached to an aromatic ring is 1. The van der Waals surface area contributed by atoms with Gasteiger partial charge in [0, 0.05) is 13.6 Å². The largest absolute Gasteiger partial charge is 0.381 e. The van der Waals surface area contributed by atoms with Crippen LogP contribution >= 0.6 is 0 Å². The van der Waals surface area contributed by atoms with Gasteiger partial charge in [0.15, 0.2) is 10.7 Å². The summed E-state index contributed by atoms with van der Waals surface area (Å²) in [5.41, 5.74) is 6.89. The van der Waals surface area contributed by atoms with E-state index in [9.17, 15) is 8.42 Å². The first-order chi connectivity index (χ1) is 9.39. The Labute approximate surface area is 118 Å². The first-order valence-electron chi connectivity index (χ1n) is 6.26. The molecule has 1 aromatic heterocycles. The number of sulfonamides is 1. The predicted molar refractivity (Wildman–Crippen MR) is 79.0 cm³/mol. The summed E-state index contributed by atoms with van der Waals surface area (Å²) in [5, 5.41) is 3.98. The summed E-state index contributed by atoms with van der Waals surface area (Å²) in [6.45, 7) is 3.79. The van der Waals surface area contributed by atoms with E-state index in [0.29, 0.717) is 17.9 Å². The maximum absolute atomic E-state index is 12.8. The fourth-order valence-corrected chi connectivity index (χ4v) is 3.90. The third-order valence-corrected chi connectivity index (χ3v) is 5.25. The Morgan fingerprint density at radius 1 is 1.30 bits per heavy atom. The van der Waals surface area contributed by atoms with Gasteiger partial charge in [0.1, 0.15) is 0 Å². The summed E-state index contributed by atoms with van der Waals surface area (Å²) in [6, 6.07) is 8.94. The van der Waals surface area contributed by atoms with E-state index < -0.39 is 10.0 Å². The molecule has 1 heterocycles. The van der Waals surface area contributed by atoms with Crippen LogP contribution in [-0.4, -0.2) is 24.7 Å². The second-order valence-electron chi connectivity index (χ2n) is 4.43. The molecule has 0 spiro atoms. The van der Waals surface area contributed by atoms with E-state index >= 15 is 0 Å².